The summed E-state index contributed by atoms with van der Waals surface area (Å²) in [7, 11) is 0. The van der Waals surface area contributed by atoms with E-state index in [0.29, 0.717) is 16.6 Å². The van der Waals surface area contributed by atoms with E-state index >= 15 is 0 Å². The summed E-state index contributed by atoms with van der Waals surface area (Å²) >= 11 is 0. The lowest BCUT2D eigenvalue weighted by Gasteiger charge is -2.04. The predicted molar refractivity (Wildman–Crippen MR) is 50.9 cm³/mol. The maximum Gasteiger partial charge on any atom is 0.131 e. The summed E-state index contributed by atoms with van der Waals surface area (Å²) in [6.07, 6.45) is 1.51. The zero-order valence-corrected chi connectivity index (χ0v) is 7.21. The Hall–Kier alpha value is -1.64. The number of nitrogen functional groups attached to an aromatic ring is 1. The van der Waals surface area contributed by atoms with Crippen LogP contribution in [0.4, 0.5) is 10.2 Å². The fourth-order valence-corrected chi connectivity index (χ4v) is 1.46. The van der Waals surface area contributed by atoms with Gasteiger partial charge in [-0.15, -0.1) is 0 Å². The largest absolute Gasteiger partial charge is 0.383 e. The minimum atomic E-state index is -0.255. The van der Waals surface area contributed by atoms with E-state index in [-0.39, 0.29) is 5.82 Å². The van der Waals surface area contributed by atoms with Crippen molar-refractivity contribution in [1.82, 2.24) is 4.98 Å². The van der Waals surface area contributed by atoms with Crippen molar-refractivity contribution in [3.05, 3.63) is 35.8 Å². The molecule has 1 aromatic heterocycles. The molecule has 0 bridgehead atoms. The van der Waals surface area contributed by atoms with Gasteiger partial charge in [-0.05, 0) is 24.6 Å². The minimum Gasteiger partial charge on any atom is -0.383 e. The van der Waals surface area contributed by atoms with Crippen molar-refractivity contribution in [3.8, 4) is 0 Å². The Morgan fingerprint density at radius 3 is 2.77 bits per heavy atom. The molecule has 13 heavy (non-hydrogen) atoms. The van der Waals surface area contributed by atoms with Gasteiger partial charge in [0.15, 0.2) is 0 Å². The number of benzene rings is 1. The number of rotatable bonds is 0. The Morgan fingerprint density at radius 1 is 1.31 bits per heavy atom. The van der Waals surface area contributed by atoms with Gasteiger partial charge in [0.05, 0.1) is 0 Å². The summed E-state index contributed by atoms with van der Waals surface area (Å²) in [5.74, 6) is 0.129. The topological polar surface area (TPSA) is 38.9 Å². The molecule has 2 aromatic rings. The van der Waals surface area contributed by atoms with E-state index in [1.165, 1.54) is 12.3 Å². The van der Waals surface area contributed by atoms with Crippen LogP contribution in [0, 0.1) is 12.7 Å². The number of hydrogen-bond acceptors (Lipinski definition) is 2. The number of nitrogens with two attached hydrogens (primary N) is 1. The van der Waals surface area contributed by atoms with Crippen LogP contribution in [0.1, 0.15) is 5.56 Å². The molecule has 0 fully saturated rings. The highest BCUT2D eigenvalue weighted by Crippen LogP contribution is 2.24. The van der Waals surface area contributed by atoms with Crippen LogP contribution >= 0.6 is 0 Å². The van der Waals surface area contributed by atoms with Crippen LogP contribution in [0.25, 0.3) is 10.8 Å². The summed E-state index contributed by atoms with van der Waals surface area (Å²) in [5.41, 5.74) is 6.59. The van der Waals surface area contributed by atoms with Crippen molar-refractivity contribution in [2.75, 3.05) is 5.73 Å². The fraction of sp³-hybridized carbons (Fsp3) is 0.100. The van der Waals surface area contributed by atoms with Gasteiger partial charge in [0.1, 0.15) is 11.6 Å². The van der Waals surface area contributed by atoms with Gasteiger partial charge in [-0.2, -0.15) is 0 Å². The van der Waals surface area contributed by atoms with Crippen LogP contribution < -0.4 is 5.73 Å². The quantitative estimate of drug-likeness (QED) is 0.668. The number of nitrogens with zero attached hydrogens (tertiary/aromatic N) is 1. The molecule has 2 nitrogen and oxygen atoms in total. The molecule has 1 heterocycles. The second kappa shape index (κ2) is 2.69. The maximum absolute atomic E-state index is 13.3. The van der Waals surface area contributed by atoms with Crippen molar-refractivity contribution in [1.29, 1.82) is 0 Å². The van der Waals surface area contributed by atoms with Crippen molar-refractivity contribution in [2.45, 2.75) is 6.92 Å². The molecule has 1 aromatic carbocycles. The lowest BCUT2D eigenvalue weighted by molar-refractivity contribution is 0.639. The highest BCUT2D eigenvalue weighted by atomic mass is 19.1. The Labute approximate surface area is 75.2 Å². The molecule has 2 N–H and O–H groups in total. The summed E-state index contributed by atoms with van der Waals surface area (Å²) in [6.45, 7) is 1.89. The molecule has 0 spiro atoms. The van der Waals surface area contributed by atoms with Crippen LogP contribution in [0.15, 0.2) is 24.4 Å². The SMILES string of the molecule is Cc1ccc(F)c2ccnc(N)c12. The molecule has 0 saturated heterocycles. The third kappa shape index (κ3) is 1.13. The van der Waals surface area contributed by atoms with E-state index in [1.807, 2.05) is 6.92 Å². The van der Waals surface area contributed by atoms with Crippen LogP contribution in [0.3, 0.4) is 0 Å². The van der Waals surface area contributed by atoms with Gasteiger partial charge in [-0.25, -0.2) is 9.37 Å². The van der Waals surface area contributed by atoms with Crippen molar-refractivity contribution in [3.63, 3.8) is 0 Å². The van der Waals surface area contributed by atoms with E-state index in [4.69, 9.17) is 5.73 Å². The maximum atomic E-state index is 13.3. The molecule has 0 amide bonds. The average Bonchev–Trinajstić information content (AvgIpc) is 2.12. The fourth-order valence-electron chi connectivity index (χ4n) is 1.46. The summed E-state index contributed by atoms with van der Waals surface area (Å²) in [4.78, 5) is 3.92. The molecule has 66 valence electrons. The molecule has 0 atom stereocenters. The zero-order chi connectivity index (χ0) is 9.42. The highest BCUT2D eigenvalue weighted by molar-refractivity contribution is 5.93. The smallest absolute Gasteiger partial charge is 0.131 e. The second-order valence-electron chi connectivity index (χ2n) is 2.98. The molecule has 3 heteroatoms. The van der Waals surface area contributed by atoms with Gasteiger partial charge in [-0.3, -0.25) is 0 Å². The monoisotopic (exact) mass is 176 g/mol. The molecule has 0 saturated carbocycles. The summed E-state index contributed by atoms with van der Waals surface area (Å²) < 4.78 is 13.3. The Morgan fingerprint density at radius 2 is 2.08 bits per heavy atom. The van der Waals surface area contributed by atoms with Crippen LogP contribution in [0.5, 0.6) is 0 Å². The van der Waals surface area contributed by atoms with E-state index in [1.54, 1.807) is 12.1 Å². The number of pyridine rings is 1. The predicted octanol–water partition coefficient (Wildman–Crippen LogP) is 2.26. The first-order valence-corrected chi connectivity index (χ1v) is 3.99. The number of halogens is 1. The van der Waals surface area contributed by atoms with Gasteiger partial charge in [0.2, 0.25) is 0 Å². The lowest BCUT2D eigenvalue weighted by atomic mass is 10.1. The normalized spacial score (nSPS) is 10.6. The average molecular weight is 176 g/mol. The molecule has 0 radical (unpaired) electrons. The standard InChI is InChI=1S/C10H9FN2/c1-6-2-3-8(11)7-4-5-13-10(12)9(6)7/h2-5H,1H3,(H2,12,13). The minimum absolute atomic E-state index is 0.255. The summed E-state index contributed by atoms with van der Waals surface area (Å²) in [5, 5.41) is 1.25. The van der Waals surface area contributed by atoms with Crippen molar-refractivity contribution >= 4 is 16.6 Å². The number of anilines is 1. The van der Waals surface area contributed by atoms with E-state index in [0.717, 1.165) is 5.56 Å². The van der Waals surface area contributed by atoms with E-state index in [9.17, 15) is 4.39 Å². The zero-order valence-electron chi connectivity index (χ0n) is 7.21. The number of aromatic nitrogens is 1. The third-order valence-corrected chi connectivity index (χ3v) is 2.11. The number of fused-ring (bicyclic) bond motifs is 1. The molecule has 0 unspecified atom stereocenters. The van der Waals surface area contributed by atoms with E-state index < -0.39 is 0 Å². The van der Waals surface area contributed by atoms with Gasteiger partial charge in [-0.1, -0.05) is 6.07 Å². The van der Waals surface area contributed by atoms with Crippen molar-refractivity contribution < 1.29 is 4.39 Å². The lowest BCUT2D eigenvalue weighted by Crippen LogP contribution is -1.94. The van der Waals surface area contributed by atoms with Crippen LogP contribution in [-0.4, -0.2) is 4.98 Å². The Balaban J connectivity index is 3.00. The van der Waals surface area contributed by atoms with Crippen LogP contribution in [0.2, 0.25) is 0 Å². The first-order chi connectivity index (χ1) is 6.20. The molecule has 0 aliphatic rings. The first kappa shape index (κ1) is 7.98. The van der Waals surface area contributed by atoms with Gasteiger partial charge >= 0.3 is 0 Å². The highest BCUT2D eigenvalue weighted by Gasteiger charge is 2.05. The van der Waals surface area contributed by atoms with Gasteiger partial charge in [0, 0.05) is 17.0 Å². The number of hydrogen-bond donors (Lipinski definition) is 1. The Kier molecular flexibility index (Phi) is 1.65. The Bertz CT molecular complexity index is 457. The second-order valence-corrected chi connectivity index (χ2v) is 2.98. The third-order valence-electron chi connectivity index (χ3n) is 2.11. The van der Waals surface area contributed by atoms with Gasteiger partial charge in [0.25, 0.3) is 0 Å². The molecular formula is C10H9FN2. The molecule has 0 aliphatic heterocycles. The molecular weight excluding hydrogens is 167 g/mol. The van der Waals surface area contributed by atoms with Crippen LogP contribution in [-0.2, 0) is 0 Å². The molecule has 2 rings (SSSR count). The number of aryl methyl sites for hydroxylation is 1. The van der Waals surface area contributed by atoms with Gasteiger partial charge < -0.3 is 5.73 Å². The van der Waals surface area contributed by atoms with E-state index in [2.05, 4.69) is 4.98 Å². The first-order valence-electron chi connectivity index (χ1n) is 3.99. The van der Waals surface area contributed by atoms with Crippen molar-refractivity contribution in [2.24, 2.45) is 0 Å². The summed E-state index contributed by atoms with van der Waals surface area (Å²) in [6, 6.07) is 4.78. The molecule has 0 aliphatic carbocycles.